The van der Waals surface area contributed by atoms with E-state index in [1.807, 2.05) is 0 Å². The van der Waals surface area contributed by atoms with Crippen molar-refractivity contribution in [3.05, 3.63) is 29.0 Å². The maximum absolute atomic E-state index is 11.4. The van der Waals surface area contributed by atoms with Crippen LogP contribution in [0, 0.1) is 0 Å². The molecule has 0 spiro atoms. The Hall–Kier alpha value is -0.690. The summed E-state index contributed by atoms with van der Waals surface area (Å²) in [6, 6.07) is 3.21. The fourth-order valence-corrected chi connectivity index (χ4v) is 2.85. The highest BCUT2D eigenvalue weighted by molar-refractivity contribution is 7.89. The highest BCUT2D eigenvalue weighted by Gasteiger charge is 2.36. The molecule has 0 radical (unpaired) electrons. The van der Waals surface area contributed by atoms with Crippen molar-refractivity contribution < 1.29 is 13.5 Å². The number of halogens is 1. The molecule has 5 nitrogen and oxygen atoms in total. The van der Waals surface area contributed by atoms with Crippen LogP contribution in [-0.2, 0) is 16.4 Å². The van der Waals surface area contributed by atoms with E-state index in [9.17, 15) is 13.5 Å². The summed E-state index contributed by atoms with van der Waals surface area (Å²) < 4.78 is 22.8. The summed E-state index contributed by atoms with van der Waals surface area (Å²) in [5.41, 5.74) is -0.775. The van der Waals surface area contributed by atoms with Gasteiger partial charge in [0.2, 0.25) is 10.0 Å². The van der Waals surface area contributed by atoms with Gasteiger partial charge < -0.3 is 5.11 Å². The molecule has 7 heteroatoms. The molecule has 17 heavy (non-hydrogen) atoms. The van der Waals surface area contributed by atoms with Crippen molar-refractivity contribution in [3.63, 3.8) is 0 Å². The third-order valence-corrected chi connectivity index (χ3v) is 4.15. The SMILES string of the molecule is CC(C)(O)C(Cc1ccc(Cl)nc1)S(N)(=O)=O. The molecule has 0 aliphatic heterocycles. The van der Waals surface area contributed by atoms with Crippen LogP contribution >= 0.6 is 11.6 Å². The van der Waals surface area contributed by atoms with Gasteiger partial charge in [-0.1, -0.05) is 17.7 Å². The lowest BCUT2D eigenvalue weighted by Crippen LogP contribution is -2.46. The molecule has 96 valence electrons. The minimum atomic E-state index is -3.84. The molecule has 0 saturated heterocycles. The Labute approximate surface area is 106 Å². The van der Waals surface area contributed by atoms with Crippen molar-refractivity contribution in [1.82, 2.24) is 4.98 Å². The summed E-state index contributed by atoms with van der Waals surface area (Å²) in [6.07, 6.45) is 1.55. The number of aromatic nitrogens is 1. The van der Waals surface area contributed by atoms with Crippen molar-refractivity contribution in [2.45, 2.75) is 31.1 Å². The molecule has 0 aliphatic carbocycles. The van der Waals surface area contributed by atoms with Gasteiger partial charge in [0.05, 0.1) is 5.60 Å². The van der Waals surface area contributed by atoms with Crippen LogP contribution in [0.1, 0.15) is 19.4 Å². The maximum atomic E-state index is 11.4. The number of hydrogen-bond donors (Lipinski definition) is 2. The molecular formula is C10H15ClN2O3S. The normalized spacial score (nSPS) is 14.6. The second-order valence-corrected chi connectivity index (χ2v) is 6.56. The number of aliphatic hydroxyl groups is 1. The molecule has 0 amide bonds. The molecule has 1 rings (SSSR count). The van der Waals surface area contributed by atoms with Crippen molar-refractivity contribution in [2.75, 3.05) is 0 Å². The van der Waals surface area contributed by atoms with Gasteiger partial charge in [0.1, 0.15) is 10.4 Å². The molecule has 0 aliphatic rings. The minimum absolute atomic E-state index is 0.0898. The molecule has 0 bridgehead atoms. The van der Waals surface area contributed by atoms with Crippen LogP contribution in [0.4, 0.5) is 0 Å². The van der Waals surface area contributed by atoms with Crippen molar-refractivity contribution in [1.29, 1.82) is 0 Å². The van der Waals surface area contributed by atoms with Gasteiger partial charge >= 0.3 is 0 Å². The fraction of sp³-hybridized carbons (Fsp3) is 0.500. The number of nitrogens with zero attached hydrogens (tertiary/aromatic N) is 1. The lowest BCUT2D eigenvalue weighted by Gasteiger charge is -2.27. The van der Waals surface area contributed by atoms with E-state index in [-0.39, 0.29) is 6.42 Å². The zero-order chi connectivity index (χ0) is 13.3. The Morgan fingerprint density at radius 3 is 2.47 bits per heavy atom. The highest BCUT2D eigenvalue weighted by Crippen LogP contribution is 2.20. The molecule has 0 aromatic carbocycles. The van der Waals surface area contributed by atoms with E-state index in [0.29, 0.717) is 10.7 Å². The Bertz CT molecular complexity index is 479. The third kappa shape index (κ3) is 4.23. The van der Waals surface area contributed by atoms with Crippen molar-refractivity contribution in [2.24, 2.45) is 5.14 Å². The molecule has 1 aromatic rings. The van der Waals surface area contributed by atoms with Crippen LogP contribution in [0.15, 0.2) is 18.3 Å². The molecule has 3 N–H and O–H groups in total. The Kier molecular flexibility index (Phi) is 4.14. The summed E-state index contributed by atoms with van der Waals surface area (Å²) in [4.78, 5) is 3.84. The minimum Gasteiger partial charge on any atom is -0.389 e. The largest absolute Gasteiger partial charge is 0.389 e. The van der Waals surface area contributed by atoms with Crippen LogP contribution in [-0.4, -0.2) is 29.4 Å². The van der Waals surface area contributed by atoms with Crippen LogP contribution in [0.25, 0.3) is 0 Å². The first kappa shape index (κ1) is 14.4. The van der Waals surface area contributed by atoms with E-state index in [1.165, 1.54) is 20.0 Å². The smallest absolute Gasteiger partial charge is 0.215 e. The fourth-order valence-electron chi connectivity index (χ4n) is 1.51. The zero-order valence-electron chi connectivity index (χ0n) is 9.59. The van der Waals surface area contributed by atoms with E-state index in [1.54, 1.807) is 12.1 Å². The highest BCUT2D eigenvalue weighted by atomic mass is 35.5. The Morgan fingerprint density at radius 2 is 2.12 bits per heavy atom. The van der Waals surface area contributed by atoms with Gasteiger partial charge in [-0.15, -0.1) is 0 Å². The van der Waals surface area contributed by atoms with E-state index in [4.69, 9.17) is 16.7 Å². The van der Waals surface area contributed by atoms with E-state index in [0.717, 1.165) is 0 Å². The Balaban J connectivity index is 3.00. The van der Waals surface area contributed by atoms with Gasteiger partial charge in [-0.25, -0.2) is 18.5 Å². The lowest BCUT2D eigenvalue weighted by atomic mass is 9.99. The van der Waals surface area contributed by atoms with Crippen LogP contribution in [0.3, 0.4) is 0 Å². The van der Waals surface area contributed by atoms with Crippen LogP contribution in [0.5, 0.6) is 0 Å². The number of primary sulfonamides is 1. The number of nitrogens with two attached hydrogens (primary N) is 1. The zero-order valence-corrected chi connectivity index (χ0v) is 11.2. The van der Waals surface area contributed by atoms with Crippen LogP contribution in [0.2, 0.25) is 5.15 Å². The molecule has 0 fully saturated rings. The number of pyridine rings is 1. The molecule has 1 atom stereocenters. The maximum Gasteiger partial charge on any atom is 0.215 e. The molecule has 1 unspecified atom stereocenters. The molecule has 1 aromatic heterocycles. The van der Waals surface area contributed by atoms with Gasteiger partial charge in [-0.05, 0) is 31.9 Å². The summed E-state index contributed by atoms with van der Waals surface area (Å²) in [6.45, 7) is 2.82. The van der Waals surface area contributed by atoms with Crippen molar-refractivity contribution >= 4 is 21.6 Å². The van der Waals surface area contributed by atoms with E-state index < -0.39 is 20.9 Å². The number of hydrogen-bond acceptors (Lipinski definition) is 4. The topological polar surface area (TPSA) is 93.3 Å². The molecule has 1 heterocycles. The first-order valence-corrected chi connectivity index (χ1v) is 6.94. The van der Waals surface area contributed by atoms with Gasteiger partial charge in [0, 0.05) is 6.20 Å². The average Bonchev–Trinajstić information content (AvgIpc) is 2.13. The summed E-state index contributed by atoms with van der Waals surface area (Å²) >= 11 is 5.62. The monoisotopic (exact) mass is 278 g/mol. The Morgan fingerprint density at radius 1 is 1.53 bits per heavy atom. The van der Waals surface area contributed by atoms with Gasteiger partial charge in [-0.2, -0.15) is 0 Å². The second-order valence-electron chi connectivity index (χ2n) is 4.42. The quantitative estimate of drug-likeness (QED) is 0.793. The predicted octanol–water partition coefficient (Wildman–Crippen LogP) is 0.706. The third-order valence-electron chi connectivity index (χ3n) is 2.39. The summed E-state index contributed by atoms with van der Waals surface area (Å²) in [5, 5.41) is 14.2. The standard InChI is InChI=1S/C10H15ClN2O3S/c1-10(2,14)8(17(12,15)16)5-7-3-4-9(11)13-6-7/h3-4,6,8,14H,5H2,1-2H3,(H2,12,15,16). The lowest BCUT2D eigenvalue weighted by molar-refractivity contribution is 0.0747. The van der Waals surface area contributed by atoms with E-state index >= 15 is 0 Å². The van der Waals surface area contributed by atoms with E-state index in [2.05, 4.69) is 4.98 Å². The number of sulfonamides is 1. The van der Waals surface area contributed by atoms with Gasteiger partial charge in [0.15, 0.2) is 0 Å². The van der Waals surface area contributed by atoms with Gasteiger partial charge in [-0.3, -0.25) is 0 Å². The second kappa shape index (κ2) is 4.89. The molecule has 0 saturated carbocycles. The summed E-state index contributed by atoms with van der Waals surface area (Å²) in [5.74, 6) is 0. The first-order valence-electron chi connectivity index (χ1n) is 4.95. The summed E-state index contributed by atoms with van der Waals surface area (Å²) in [7, 11) is -3.84. The van der Waals surface area contributed by atoms with Gasteiger partial charge in [0.25, 0.3) is 0 Å². The molecular weight excluding hydrogens is 264 g/mol. The van der Waals surface area contributed by atoms with Crippen molar-refractivity contribution in [3.8, 4) is 0 Å². The predicted molar refractivity (Wildman–Crippen MR) is 66.1 cm³/mol. The first-order chi connectivity index (χ1) is 7.60. The average molecular weight is 279 g/mol. The van der Waals surface area contributed by atoms with Crippen LogP contribution < -0.4 is 5.14 Å². The number of rotatable bonds is 4.